The summed E-state index contributed by atoms with van der Waals surface area (Å²) in [7, 11) is 1.29. The van der Waals surface area contributed by atoms with Crippen LogP contribution in [0.5, 0.6) is 5.95 Å². The third-order valence-electron chi connectivity index (χ3n) is 1.95. The lowest BCUT2D eigenvalue weighted by Gasteiger charge is -1.95. The second kappa shape index (κ2) is 4.63. The molecule has 5 nitrogen and oxygen atoms in total. The number of hydrogen-bond donors (Lipinski definition) is 1. The number of carbonyl (C=O) groups is 2. The number of esters is 1. The lowest BCUT2D eigenvalue weighted by atomic mass is 10.2. The van der Waals surface area contributed by atoms with E-state index < -0.39 is 5.95 Å². The van der Waals surface area contributed by atoms with Gasteiger partial charge < -0.3 is 14.3 Å². The number of aryl methyl sites for hydroxylation is 1. The van der Waals surface area contributed by atoms with E-state index in [9.17, 15) is 14.7 Å². The predicted octanol–water partition coefficient (Wildman–Crippen LogP) is 1.29. The SMILES string of the molecule is COC(=O)CCc1cc(C(C)=O)c(O)o1. The minimum absolute atomic E-state index is 0.134. The van der Waals surface area contributed by atoms with E-state index in [1.54, 1.807) is 0 Å². The Balaban J connectivity index is 2.67. The minimum atomic E-state index is -0.401. The summed E-state index contributed by atoms with van der Waals surface area (Å²) in [6.45, 7) is 1.33. The van der Waals surface area contributed by atoms with Crippen LogP contribution >= 0.6 is 0 Å². The quantitative estimate of drug-likeness (QED) is 0.601. The Morgan fingerprint density at radius 2 is 2.20 bits per heavy atom. The van der Waals surface area contributed by atoms with Crippen molar-refractivity contribution in [1.29, 1.82) is 0 Å². The molecule has 15 heavy (non-hydrogen) atoms. The smallest absolute Gasteiger partial charge is 0.305 e. The molecule has 5 heteroatoms. The first kappa shape index (κ1) is 11.3. The van der Waals surface area contributed by atoms with Crippen molar-refractivity contribution in [3.8, 4) is 5.95 Å². The van der Waals surface area contributed by atoms with E-state index in [0.717, 1.165) is 0 Å². The molecule has 0 radical (unpaired) electrons. The summed E-state index contributed by atoms with van der Waals surface area (Å²) in [4.78, 5) is 21.8. The second-order valence-corrected chi connectivity index (χ2v) is 3.06. The summed E-state index contributed by atoms with van der Waals surface area (Å²) in [5.74, 6) is -0.652. The number of ketones is 1. The van der Waals surface area contributed by atoms with Crippen LogP contribution in [0, 0.1) is 0 Å². The number of aromatic hydroxyl groups is 1. The number of rotatable bonds is 4. The van der Waals surface area contributed by atoms with Crippen LogP contribution in [0.3, 0.4) is 0 Å². The van der Waals surface area contributed by atoms with E-state index >= 15 is 0 Å². The number of hydrogen-bond acceptors (Lipinski definition) is 5. The normalized spacial score (nSPS) is 10.0. The average Bonchev–Trinajstić information content (AvgIpc) is 2.56. The minimum Gasteiger partial charge on any atom is -0.480 e. The number of ether oxygens (including phenoxy) is 1. The molecule has 0 bridgehead atoms. The Hall–Kier alpha value is -1.78. The van der Waals surface area contributed by atoms with Crippen molar-refractivity contribution in [2.75, 3.05) is 7.11 Å². The lowest BCUT2D eigenvalue weighted by molar-refractivity contribution is -0.140. The Kier molecular flexibility index (Phi) is 3.49. The van der Waals surface area contributed by atoms with Gasteiger partial charge in [-0.15, -0.1) is 0 Å². The van der Waals surface area contributed by atoms with Crippen LogP contribution < -0.4 is 0 Å². The van der Waals surface area contributed by atoms with Crippen molar-refractivity contribution in [2.24, 2.45) is 0 Å². The first-order valence-corrected chi connectivity index (χ1v) is 4.44. The molecule has 1 N–H and O–H groups in total. The molecule has 1 aromatic heterocycles. The highest BCUT2D eigenvalue weighted by Crippen LogP contribution is 2.23. The van der Waals surface area contributed by atoms with Gasteiger partial charge in [0, 0.05) is 6.42 Å². The fourth-order valence-corrected chi connectivity index (χ4v) is 1.13. The van der Waals surface area contributed by atoms with E-state index in [1.165, 1.54) is 20.1 Å². The maximum absolute atomic E-state index is 11.0. The second-order valence-electron chi connectivity index (χ2n) is 3.06. The Labute approximate surface area is 86.6 Å². The summed E-state index contributed by atoms with van der Waals surface area (Å²) in [5, 5.41) is 9.22. The van der Waals surface area contributed by atoms with E-state index in [1.807, 2.05) is 0 Å². The van der Waals surface area contributed by atoms with Gasteiger partial charge in [0.05, 0.1) is 13.5 Å². The number of methoxy groups -OCH3 is 1. The van der Waals surface area contributed by atoms with Gasteiger partial charge in [-0.1, -0.05) is 0 Å². The highest BCUT2D eigenvalue weighted by atomic mass is 16.5. The topological polar surface area (TPSA) is 76.7 Å². The van der Waals surface area contributed by atoms with E-state index in [2.05, 4.69) is 4.74 Å². The van der Waals surface area contributed by atoms with Gasteiger partial charge in [0.1, 0.15) is 11.3 Å². The molecule has 0 saturated carbocycles. The summed E-state index contributed by atoms with van der Waals surface area (Å²) in [6.07, 6.45) is 0.453. The third-order valence-corrected chi connectivity index (χ3v) is 1.95. The maximum Gasteiger partial charge on any atom is 0.305 e. The molecule has 0 amide bonds. The predicted molar refractivity (Wildman–Crippen MR) is 50.7 cm³/mol. The molecule has 0 spiro atoms. The van der Waals surface area contributed by atoms with Gasteiger partial charge in [0.2, 0.25) is 0 Å². The first-order valence-electron chi connectivity index (χ1n) is 4.44. The number of Topliss-reactive ketones (excluding diaryl/α,β-unsaturated/α-hetero) is 1. The largest absolute Gasteiger partial charge is 0.480 e. The lowest BCUT2D eigenvalue weighted by Crippen LogP contribution is -2.01. The van der Waals surface area contributed by atoms with Crippen LogP contribution in [-0.4, -0.2) is 24.0 Å². The maximum atomic E-state index is 11.0. The van der Waals surface area contributed by atoms with Gasteiger partial charge in [-0.25, -0.2) is 0 Å². The standard InChI is InChI=1S/C10H12O5/c1-6(11)8-5-7(15-10(8)13)3-4-9(12)14-2/h5,13H,3-4H2,1-2H3. The molecule has 0 unspecified atom stereocenters. The first-order chi connectivity index (χ1) is 7.04. The van der Waals surface area contributed by atoms with Crippen LogP contribution in [0.2, 0.25) is 0 Å². The highest BCUT2D eigenvalue weighted by molar-refractivity contribution is 5.96. The van der Waals surface area contributed by atoms with Gasteiger partial charge >= 0.3 is 5.97 Å². The molecular formula is C10H12O5. The number of carbonyl (C=O) groups excluding carboxylic acids is 2. The van der Waals surface area contributed by atoms with Crippen LogP contribution in [0.15, 0.2) is 10.5 Å². The van der Waals surface area contributed by atoms with E-state index in [0.29, 0.717) is 12.2 Å². The molecule has 82 valence electrons. The zero-order chi connectivity index (χ0) is 11.4. The molecule has 0 atom stereocenters. The van der Waals surface area contributed by atoms with Crippen LogP contribution in [0.25, 0.3) is 0 Å². The zero-order valence-corrected chi connectivity index (χ0v) is 8.57. The molecule has 0 aliphatic rings. The molecular weight excluding hydrogens is 200 g/mol. The van der Waals surface area contributed by atoms with Gasteiger partial charge in [0.25, 0.3) is 5.95 Å². The summed E-state index contributed by atoms with van der Waals surface area (Å²) in [5.41, 5.74) is 0.134. The molecule has 1 heterocycles. The van der Waals surface area contributed by atoms with Gasteiger partial charge in [-0.05, 0) is 13.0 Å². The van der Waals surface area contributed by atoms with Crippen LogP contribution in [0.4, 0.5) is 0 Å². The molecule has 0 aliphatic heterocycles. The van der Waals surface area contributed by atoms with Gasteiger partial charge in [-0.2, -0.15) is 0 Å². The van der Waals surface area contributed by atoms with Gasteiger partial charge in [0.15, 0.2) is 5.78 Å². The van der Waals surface area contributed by atoms with Crippen molar-refractivity contribution in [2.45, 2.75) is 19.8 Å². The molecule has 0 aromatic carbocycles. The fourth-order valence-electron chi connectivity index (χ4n) is 1.13. The van der Waals surface area contributed by atoms with Crippen molar-refractivity contribution < 1.29 is 23.8 Å². The highest BCUT2D eigenvalue weighted by Gasteiger charge is 2.14. The molecule has 0 aliphatic carbocycles. The van der Waals surface area contributed by atoms with Crippen molar-refractivity contribution in [1.82, 2.24) is 0 Å². The summed E-state index contributed by atoms with van der Waals surface area (Å²) < 4.78 is 9.34. The molecule has 1 rings (SSSR count). The Morgan fingerprint density at radius 3 is 2.67 bits per heavy atom. The Morgan fingerprint density at radius 1 is 1.53 bits per heavy atom. The molecule has 0 fully saturated rings. The monoisotopic (exact) mass is 212 g/mol. The van der Waals surface area contributed by atoms with Gasteiger partial charge in [-0.3, -0.25) is 9.59 Å². The number of furan rings is 1. The van der Waals surface area contributed by atoms with Crippen LogP contribution in [0.1, 0.15) is 29.5 Å². The van der Waals surface area contributed by atoms with E-state index in [4.69, 9.17) is 4.42 Å². The third kappa shape index (κ3) is 2.83. The van der Waals surface area contributed by atoms with E-state index in [-0.39, 0.29) is 23.7 Å². The zero-order valence-electron chi connectivity index (χ0n) is 8.57. The van der Waals surface area contributed by atoms with Crippen molar-refractivity contribution in [3.63, 3.8) is 0 Å². The average molecular weight is 212 g/mol. The van der Waals surface area contributed by atoms with Crippen molar-refractivity contribution >= 4 is 11.8 Å². The Bertz CT molecular complexity index is 377. The summed E-state index contributed by atoms with van der Waals surface area (Å²) >= 11 is 0. The summed E-state index contributed by atoms with van der Waals surface area (Å²) in [6, 6.07) is 1.43. The van der Waals surface area contributed by atoms with Crippen molar-refractivity contribution in [3.05, 3.63) is 17.4 Å². The molecule has 0 saturated heterocycles. The van der Waals surface area contributed by atoms with Crippen LogP contribution in [-0.2, 0) is 16.0 Å². The molecule has 1 aromatic rings. The fraction of sp³-hybridized carbons (Fsp3) is 0.400.